The summed E-state index contributed by atoms with van der Waals surface area (Å²) in [5.41, 5.74) is 5.34. The van der Waals surface area contributed by atoms with E-state index in [0.29, 0.717) is 11.6 Å². The van der Waals surface area contributed by atoms with E-state index in [4.69, 9.17) is 0 Å². The van der Waals surface area contributed by atoms with Gasteiger partial charge in [-0.05, 0) is 41.5 Å². The third-order valence-electron chi connectivity index (χ3n) is 4.86. The molecule has 30 heavy (non-hydrogen) atoms. The third-order valence-corrected chi connectivity index (χ3v) is 4.86. The number of aromatic nitrogens is 1. The second-order valence-corrected chi connectivity index (χ2v) is 6.27. The van der Waals surface area contributed by atoms with Gasteiger partial charge in [0.15, 0.2) is 0 Å². The van der Waals surface area contributed by atoms with E-state index in [1.54, 1.807) is 12.3 Å². The van der Waals surface area contributed by atoms with E-state index < -0.39 is 0 Å². The monoisotopic (exact) mass is 411 g/mol. The lowest BCUT2D eigenvalue weighted by Gasteiger charge is -2.22. The fourth-order valence-electron chi connectivity index (χ4n) is 3.60. The molecule has 0 saturated carbocycles. The van der Waals surface area contributed by atoms with Crippen LogP contribution < -0.4 is 0 Å². The first-order valence-corrected chi connectivity index (χ1v) is 11.7. The van der Waals surface area contributed by atoms with Crippen molar-refractivity contribution in [2.24, 2.45) is 7.05 Å². The van der Waals surface area contributed by atoms with Crippen LogP contribution in [0, 0.1) is 5.82 Å². The van der Waals surface area contributed by atoms with E-state index in [9.17, 15) is 4.39 Å². The van der Waals surface area contributed by atoms with Crippen LogP contribution in [0.1, 0.15) is 79.7 Å². The molecule has 0 amide bonds. The molecule has 2 aromatic carbocycles. The summed E-state index contributed by atoms with van der Waals surface area (Å²) in [6, 6.07) is 18.2. The molecule has 0 unspecified atom stereocenters. The molecule has 0 aliphatic carbocycles. The molecule has 1 heterocycles. The van der Waals surface area contributed by atoms with Crippen LogP contribution in [0.4, 0.5) is 4.39 Å². The molecule has 3 rings (SSSR count). The Hall–Kier alpha value is -2.35. The Morgan fingerprint density at radius 2 is 1.27 bits per heavy atom. The van der Waals surface area contributed by atoms with Crippen LogP contribution in [0.2, 0.25) is 0 Å². The Kier molecular flexibility index (Phi) is 14.3. The van der Waals surface area contributed by atoms with Crippen molar-refractivity contribution in [1.29, 1.82) is 0 Å². The van der Waals surface area contributed by atoms with Gasteiger partial charge in [-0.3, -0.25) is 0 Å². The predicted molar refractivity (Wildman–Crippen MR) is 134 cm³/mol. The fraction of sp³-hybridized carbons (Fsp3) is 0.429. The maximum Gasteiger partial charge on any atom is 0.148 e. The quantitative estimate of drug-likeness (QED) is 0.394. The third kappa shape index (κ3) is 6.58. The molecular formula is C28H42FN. The van der Waals surface area contributed by atoms with Crippen LogP contribution in [0.5, 0.6) is 0 Å². The van der Waals surface area contributed by atoms with E-state index in [-0.39, 0.29) is 5.82 Å². The Labute approximate surface area is 185 Å². The second-order valence-electron chi connectivity index (χ2n) is 6.27. The Balaban J connectivity index is 0.00000129. The summed E-state index contributed by atoms with van der Waals surface area (Å²) in [5.74, 6) is 0.251. The van der Waals surface area contributed by atoms with E-state index >= 15 is 0 Å². The SMILES string of the molecule is CC.CC.CC.CCC(CC)c1c(-c2ccccc2)cccc1-c1c(F)ccn1C. The van der Waals surface area contributed by atoms with E-state index in [1.807, 2.05) is 65.3 Å². The first-order chi connectivity index (χ1) is 14.7. The van der Waals surface area contributed by atoms with Gasteiger partial charge in [0.2, 0.25) is 0 Å². The lowest BCUT2D eigenvalue weighted by Crippen LogP contribution is -2.04. The number of benzene rings is 2. The molecule has 3 aromatic rings. The average Bonchev–Trinajstić information content (AvgIpc) is 3.17. The van der Waals surface area contributed by atoms with E-state index in [1.165, 1.54) is 16.7 Å². The number of halogens is 1. The summed E-state index contributed by atoms with van der Waals surface area (Å²) in [4.78, 5) is 0. The van der Waals surface area contributed by atoms with Crippen molar-refractivity contribution < 1.29 is 4.39 Å². The van der Waals surface area contributed by atoms with Crippen LogP contribution in [-0.2, 0) is 7.05 Å². The molecule has 0 aliphatic heterocycles. The molecule has 2 heteroatoms. The average molecular weight is 412 g/mol. The van der Waals surface area contributed by atoms with Gasteiger partial charge < -0.3 is 4.57 Å². The van der Waals surface area contributed by atoms with Gasteiger partial charge in [-0.15, -0.1) is 0 Å². The summed E-state index contributed by atoms with van der Waals surface area (Å²) in [5, 5.41) is 0. The van der Waals surface area contributed by atoms with Crippen molar-refractivity contribution in [2.75, 3.05) is 0 Å². The van der Waals surface area contributed by atoms with Crippen molar-refractivity contribution in [2.45, 2.75) is 74.1 Å². The Morgan fingerprint density at radius 1 is 0.733 bits per heavy atom. The van der Waals surface area contributed by atoms with Gasteiger partial charge in [0.25, 0.3) is 0 Å². The van der Waals surface area contributed by atoms with Crippen LogP contribution in [0.15, 0.2) is 60.8 Å². The van der Waals surface area contributed by atoms with Gasteiger partial charge >= 0.3 is 0 Å². The molecule has 0 N–H and O–H groups in total. The highest BCUT2D eigenvalue weighted by atomic mass is 19.1. The maximum absolute atomic E-state index is 14.5. The molecule has 0 bridgehead atoms. The minimum atomic E-state index is -0.157. The number of rotatable bonds is 5. The molecule has 0 fully saturated rings. The zero-order chi connectivity index (χ0) is 23.1. The topological polar surface area (TPSA) is 4.93 Å². The molecule has 0 saturated heterocycles. The lowest BCUT2D eigenvalue weighted by atomic mass is 9.83. The Morgan fingerprint density at radius 3 is 1.73 bits per heavy atom. The minimum Gasteiger partial charge on any atom is -0.348 e. The maximum atomic E-state index is 14.5. The summed E-state index contributed by atoms with van der Waals surface area (Å²) in [6.07, 6.45) is 3.87. The number of aryl methyl sites for hydroxylation is 1. The van der Waals surface area contributed by atoms with E-state index in [2.05, 4.69) is 50.2 Å². The number of nitrogens with zero attached hydrogens (tertiary/aromatic N) is 1. The molecular weight excluding hydrogens is 369 g/mol. The first-order valence-electron chi connectivity index (χ1n) is 11.7. The van der Waals surface area contributed by atoms with Gasteiger partial charge in [0.05, 0.1) is 5.69 Å². The normalized spacial score (nSPS) is 9.57. The Bertz CT molecular complexity index is 794. The molecule has 0 aliphatic rings. The summed E-state index contributed by atoms with van der Waals surface area (Å²) in [6.45, 7) is 16.4. The zero-order valence-corrected chi connectivity index (χ0v) is 20.6. The molecule has 166 valence electrons. The van der Waals surface area contributed by atoms with Crippen LogP contribution in [0.25, 0.3) is 22.4 Å². The smallest absolute Gasteiger partial charge is 0.148 e. The molecule has 0 atom stereocenters. The predicted octanol–water partition coefficient (Wildman–Crippen LogP) is 9.48. The summed E-state index contributed by atoms with van der Waals surface area (Å²) in [7, 11) is 1.91. The van der Waals surface area contributed by atoms with E-state index in [0.717, 1.165) is 18.4 Å². The van der Waals surface area contributed by atoms with Crippen molar-refractivity contribution in [3.63, 3.8) is 0 Å². The first kappa shape index (κ1) is 27.6. The standard InChI is InChI=1S/C22H24FN.3C2H6/c1-4-16(5-2)21-18(17-10-7-6-8-11-17)12-9-13-19(21)22-20(23)14-15-24(22)3;3*1-2/h6-16H,4-5H2,1-3H3;3*1-2H3. The van der Waals surface area contributed by atoms with Crippen LogP contribution in [0.3, 0.4) is 0 Å². The zero-order valence-electron chi connectivity index (χ0n) is 20.6. The van der Waals surface area contributed by atoms with Crippen molar-refractivity contribution in [3.05, 3.63) is 72.2 Å². The number of hydrogen-bond donors (Lipinski definition) is 0. The van der Waals surface area contributed by atoms with Crippen LogP contribution >= 0.6 is 0 Å². The van der Waals surface area contributed by atoms with Gasteiger partial charge in [-0.2, -0.15) is 0 Å². The van der Waals surface area contributed by atoms with Crippen LogP contribution in [-0.4, -0.2) is 4.57 Å². The highest BCUT2D eigenvalue weighted by Crippen LogP contribution is 2.40. The van der Waals surface area contributed by atoms with Gasteiger partial charge in [0, 0.05) is 18.8 Å². The highest BCUT2D eigenvalue weighted by molar-refractivity contribution is 5.78. The molecule has 0 spiro atoms. The van der Waals surface area contributed by atoms with Gasteiger partial charge in [0.1, 0.15) is 5.82 Å². The molecule has 1 aromatic heterocycles. The van der Waals surface area contributed by atoms with Gasteiger partial charge in [-0.25, -0.2) is 4.39 Å². The van der Waals surface area contributed by atoms with Gasteiger partial charge in [-0.1, -0.05) is 104 Å². The van der Waals surface area contributed by atoms with Crippen molar-refractivity contribution in [3.8, 4) is 22.4 Å². The van der Waals surface area contributed by atoms with Crippen molar-refractivity contribution >= 4 is 0 Å². The number of hydrogen-bond acceptors (Lipinski definition) is 0. The molecule has 1 nitrogen and oxygen atoms in total. The molecule has 0 radical (unpaired) electrons. The highest BCUT2D eigenvalue weighted by Gasteiger charge is 2.21. The summed E-state index contributed by atoms with van der Waals surface area (Å²) >= 11 is 0. The fourth-order valence-corrected chi connectivity index (χ4v) is 3.60. The second kappa shape index (κ2) is 15.5. The van der Waals surface area contributed by atoms with Crippen molar-refractivity contribution in [1.82, 2.24) is 4.57 Å². The largest absolute Gasteiger partial charge is 0.348 e. The minimum absolute atomic E-state index is 0.157. The lowest BCUT2D eigenvalue weighted by molar-refractivity contribution is 0.624. The summed E-state index contributed by atoms with van der Waals surface area (Å²) < 4.78 is 16.3.